The Balaban J connectivity index is 1.64. The van der Waals surface area contributed by atoms with E-state index < -0.39 is 52.3 Å². The Kier molecular flexibility index (Phi) is 6.20. The van der Waals surface area contributed by atoms with E-state index in [4.69, 9.17) is 5.73 Å². The molecule has 38 heavy (non-hydrogen) atoms. The minimum Gasteiger partial charge on any atom is -0.510 e. The predicted molar refractivity (Wildman–Crippen MR) is 137 cm³/mol. The monoisotopic (exact) mass is 527 g/mol. The minimum atomic E-state index is -2.27. The number of Topliss-reactive ketones (excluding diaryl/α,β-unsaturated/α-hetero) is 1. The molecule has 0 heterocycles. The van der Waals surface area contributed by atoms with Gasteiger partial charge in [0.15, 0.2) is 11.4 Å². The number of likely N-dealkylation sites (N-methyl/N-ethyl adjacent to an activating group) is 1. The molecule has 10 heteroatoms. The van der Waals surface area contributed by atoms with Crippen molar-refractivity contribution >= 4 is 11.7 Å². The Labute approximate surface area is 220 Å². The van der Waals surface area contributed by atoms with Gasteiger partial charge in [0, 0.05) is 40.8 Å². The molecule has 0 saturated heterocycles. The second-order valence-corrected chi connectivity index (χ2v) is 11.1. The summed E-state index contributed by atoms with van der Waals surface area (Å²) in [6.45, 7) is 6.79. The van der Waals surface area contributed by atoms with Crippen molar-refractivity contribution in [2.75, 3.05) is 20.6 Å². The number of aromatic hydroxyl groups is 1. The van der Waals surface area contributed by atoms with Crippen molar-refractivity contribution < 1.29 is 34.4 Å². The van der Waals surface area contributed by atoms with Crippen molar-refractivity contribution in [3.05, 3.63) is 63.4 Å². The Morgan fingerprint density at radius 1 is 1.26 bits per heavy atom. The molecular formula is C28H34FN3O6. The second-order valence-electron chi connectivity index (χ2n) is 11.1. The SMILES string of the molecule is C=C1C(C(N)=O)=C(O)[C@@H](N(C)C)[C@@H]2C[C@@H]3Cc4c(F)c(CN(CC)C5CC5)cc(O)c4C(=O)C3=C(O)[C@]12O. The number of rotatable bonds is 6. The Bertz CT molecular complexity index is 1330. The molecule has 1 aromatic carbocycles. The van der Waals surface area contributed by atoms with Crippen LogP contribution in [0.15, 0.2) is 40.9 Å². The molecule has 0 aromatic heterocycles. The average molecular weight is 528 g/mol. The lowest BCUT2D eigenvalue weighted by Gasteiger charge is -2.52. The molecule has 6 N–H and O–H groups in total. The first kappa shape index (κ1) is 26.4. The molecule has 0 spiro atoms. The van der Waals surface area contributed by atoms with Crippen LogP contribution < -0.4 is 5.73 Å². The number of amides is 1. The average Bonchev–Trinajstić information content (AvgIpc) is 3.67. The third kappa shape index (κ3) is 3.61. The van der Waals surface area contributed by atoms with Gasteiger partial charge in [0.05, 0.1) is 17.2 Å². The molecule has 1 fully saturated rings. The number of hydrogen-bond acceptors (Lipinski definition) is 8. The van der Waals surface area contributed by atoms with Crippen molar-refractivity contribution in [1.29, 1.82) is 0 Å². The largest absolute Gasteiger partial charge is 0.510 e. The lowest BCUT2D eigenvalue weighted by atomic mass is 9.57. The molecule has 0 unspecified atom stereocenters. The number of fused-ring (bicyclic) bond motifs is 3. The summed E-state index contributed by atoms with van der Waals surface area (Å²) in [5.41, 5.74) is 2.48. The van der Waals surface area contributed by atoms with Gasteiger partial charge in [-0.15, -0.1) is 0 Å². The maximum absolute atomic E-state index is 15.9. The fourth-order valence-electron chi connectivity index (χ4n) is 6.79. The van der Waals surface area contributed by atoms with E-state index in [1.54, 1.807) is 19.0 Å². The number of ketones is 1. The van der Waals surface area contributed by atoms with Crippen LogP contribution in [0, 0.1) is 17.7 Å². The number of primary amides is 1. The van der Waals surface area contributed by atoms with Gasteiger partial charge in [-0.1, -0.05) is 13.5 Å². The minimum absolute atomic E-state index is 0.00953. The summed E-state index contributed by atoms with van der Waals surface area (Å²) in [7, 11) is 3.27. The van der Waals surface area contributed by atoms with E-state index in [-0.39, 0.29) is 46.6 Å². The molecular weight excluding hydrogens is 493 g/mol. The number of aliphatic hydroxyl groups excluding tert-OH is 2. The van der Waals surface area contributed by atoms with Gasteiger partial charge in [0.2, 0.25) is 0 Å². The summed E-state index contributed by atoms with van der Waals surface area (Å²) in [5, 5.41) is 45.1. The standard InChI is InChI=1S/C28H34FN3O6/c1-5-32(15-6-7-15)11-14-10-18(33)21-16(22(14)29)8-13-9-17-23(31(3)4)25(35)19(27(30)37)12(2)28(17,38)26(36)20(13)24(21)34/h10,13,15,17,23,33,35-36,38H,2,5-9,11H2,1,3-4H3,(H2,30,37)/t13-,17-,23-,28-/m0/s1. The van der Waals surface area contributed by atoms with E-state index in [1.807, 2.05) is 6.92 Å². The zero-order valence-electron chi connectivity index (χ0n) is 21.8. The molecule has 4 aliphatic rings. The lowest BCUT2D eigenvalue weighted by molar-refractivity contribution is -0.115. The summed E-state index contributed by atoms with van der Waals surface area (Å²) in [5.74, 6) is -5.47. The first-order chi connectivity index (χ1) is 17.8. The van der Waals surface area contributed by atoms with Gasteiger partial charge in [-0.3, -0.25) is 19.4 Å². The highest BCUT2D eigenvalue weighted by atomic mass is 19.1. The van der Waals surface area contributed by atoms with Crippen LogP contribution in [0.25, 0.3) is 0 Å². The van der Waals surface area contributed by atoms with Crippen LogP contribution in [0.3, 0.4) is 0 Å². The highest BCUT2D eigenvalue weighted by Crippen LogP contribution is 2.55. The van der Waals surface area contributed by atoms with Gasteiger partial charge in [0.1, 0.15) is 23.1 Å². The Morgan fingerprint density at radius 2 is 1.92 bits per heavy atom. The number of phenols is 1. The topological polar surface area (TPSA) is 148 Å². The second kappa shape index (κ2) is 8.93. The number of halogens is 1. The number of nitrogens with zero attached hydrogens (tertiary/aromatic N) is 2. The molecule has 4 aliphatic carbocycles. The lowest BCUT2D eigenvalue weighted by Crippen LogP contribution is -2.60. The molecule has 9 nitrogen and oxygen atoms in total. The first-order valence-electron chi connectivity index (χ1n) is 12.9. The smallest absolute Gasteiger partial charge is 0.252 e. The summed E-state index contributed by atoms with van der Waals surface area (Å²) in [4.78, 5) is 29.6. The van der Waals surface area contributed by atoms with Crippen LogP contribution >= 0.6 is 0 Å². The van der Waals surface area contributed by atoms with E-state index >= 15 is 4.39 Å². The number of nitrogens with two attached hydrogens (primary N) is 1. The highest BCUT2D eigenvalue weighted by Gasteiger charge is 2.60. The molecule has 0 radical (unpaired) electrons. The molecule has 204 valence electrons. The first-order valence-corrected chi connectivity index (χ1v) is 12.9. The quantitative estimate of drug-likeness (QED) is 0.378. The maximum atomic E-state index is 15.9. The highest BCUT2D eigenvalue weighted by molar-refractivity contribution is 6.13. The summed E-state index contributed by atoms with van der Waals surface area (Å²) in [6.07, 6.45) is 2.17. The van der Waals surface area contributed by atoms with Crippen LogP contribution in [0.1, 0.15) is 47.7 Å². The summed E-state index contributed by atoms with van der Waals surface area (Å²) in [6, 6.07) is 0.715. The molecule has 5 rings (SSSR count). The number of benzene rings is 1. The van der Waals surface area contributed by atoms with Crippen LogP contribution in [-0.4, -0.2) is 80.2 Å². The number of hydrogen-bond donors (Lipinski definition) is 5. The van der Waals surface area contributed by atoms with Crippen LogP contribution in [0.4, 0.5) is 4.39 Å². The van der Waals surface area contributed by atoms with Gasteiger partial charge in [-0.25, -0.2) is 4.39 Å². The van der Waals surface area contributed by atoms with Gasteiger partial charge >= 0.3 is 0 Å². The Hall–Kier alpha value is -3.21. The zero-order valence-corrected chi connectivity index (χ0v) is 21.8. The predicted octanol–water partition coefficient (Wildman–Crippen LogP) is 2.23. The van der Waals surface area contributed by atoms with Gasteiger partial charge in [-0.2, -0.15) is 0 Å². The van der Waals surface area contributed by atoms with Crippen molar-refractivity contribution in [3.63, 3.8) is 0 Å². The van der Waals surface area contributed by atoms with Gasteiger partial charge in [0.25, 0.3) is 5.91 Å². The Morgan fingerprint density at radius 3 is 2.47 bits per heavy atom. The van der Waals surface area contributed by atoms with Crippen molar-refractivity contribution in [2.24, 2.45) is 17.6 Å². The van der Waals surface area contributed by atoms with Crippen molar-refractivity contribution in [3.8, 4) is 5.75 Å². The van der Waals surface area contributed by atoms with Gasteiger partial charge < -0.3 is 26.2 Å². The van der Waals surface area contributed by atoms with Gasteiger partial charge in [-0.05, 0) is 58.3 Å². The number of phenolic OH excluding ortho intramolecular Hbond substituents is 1. The molecule has 1 amide bonds. The van der Waals surface area contributed by atoms with Crippen molar-refractivity contribution in [1.82, 2.24) is 9.80 Å². The van der Waals surface area contributed by atoms with E-state index in [0.717, 1.165) is 19.4 Å². The number of carbonyl (C=O) groups excluding carboxylic acids is 2. The summed E-state index contributed by atoms with van der Waals surface area (Å²) >= 11 is 0. The van der Waals surface area contributed by atoms with Crippen molar-refractivity contribution in [2.45, 2.75) is 56.8 Å². The van der Waals surface area contributed by atoms with Crippen LogP contribution in [-0.2, 0) is 17.8 Å². The normalized spacial score (nSPS) is 29.1. The zero-order chi connectivity index (χ0) is 27.8. The number of carbonyl (C=O) groups is 2. The van der Waals surface area contributed by atoms with E-state index in [1.165, 1.54) is 6.07 Å². The molecule has 1 aromatic rings. The number of aliphatic hydroxyl groups is 3. The molecule has 4 atom stereocenters. The fourth-order valence-corrected chi connectivity index (χ4v) is 6.79. The van der Waals surface area contributed by atoms with E-state index in [0.29, 0.717) is 18.2 Å². The fraction of sp³-hybridized carbons (Fsp3) is 0.500. The van der Waals surface area contributed by atoms with Crippen LogP contribution in [0.2, 0.25) is 0 Å². The molecule has 0 aliphatic heterocycles. The third-order valence-electron chi connectivity index (χ3n) is 8.76. The number of allylic oxidation sites excluding steroid dienone is 1. The third-order valence-corrected chi connectivity index (χ3v) is 8.76. The van der Waals surface area contributed by atoms with E-state index in [9.17, 15) is 30.0 Å². The molecule has 0 bridgehead atoms. The van der Waals surface area contributed by atoms with Crippen LogP contribution in [0.5, 0.6) is 5.75 Å². The maximum Gasteiger partial charge on any atom is 0.252 e. The van der Waals surface area contributed by atoms with E-state index in [2.05, 4.69) is 11.5 Å². The summed E-state index contributed by atoms with van der Waals surface area (Å²) < 4.78 is 15.9. The molecule has 1 saturated carbocycles.